The van der Waals surface area contributed by atoms with Crippen molar-refractivity contribution < 1.29 is 14.3 Å². The zero-order valence-electron chi connectivity index (χ0n) is 12.9. The first kappa shape index (κ1) is 15.1. The molecule has 1 aliphatic heterocycles. The van der Waals surface area contributed by atoms with Crippen LogP contribution in [-0.2, 0) is 4.79 Å². The van der Waals surface area contributed by atoms with Gasteiger partial charge >= 0.3 is 0 Å². The van der Waals surface area contributed by atoms with E-state index in [0.717, 1.165) is 12.1 Å². The molecule has 1 aliphatic rings. The second kappa shape index (κ2) is 6.56. The largest absolute Gasteiger partial charge is 0.495 e. The number of amides is 2. The van der Waals surface area contributed by atoms with Gasteiger partial charge in [0.2, 0.25) is 5.91 Å². The van der Waals surface area contributed by atoms with Crippen LogP contribution in [0.5, 0.6) is 5.75 Å². The van der Waals surface area contributed by atoms with E-state index in [1.54, 1.807) is 30.3 Å². The lowest BCUT2D eigenvalue weighted by atomic mass is 10.0. The van der Waals surface area contributed by atoms with Crippen LogP contribution in [0, 0.1) is 0 Å². The summed E-state index contributed by atoms with van der Waals surface area (Å²) >= 11 is 0. The molecule has 0 radical (unpaired) electrons. The highest BCUT2D eigenvalue weighted by Crippen LogP contribution is 2.30. The Hall–Kier alpha value is -2.76. The molecule has 1 unspecified atom stereocenters. The number of nitrogens with one attached hydrogen (secondary N) is 2. The van der Waals surface area contributed by atoms with E-state index in [0.29, 0.717) is 24.4 Å². The van der Waals surface area contributed by atoms with E-state index in [9.17, 15) is 9.59 Å². The second-order valence-corrected chi connectivity index (χ2v) is 5.41. The lowest BCUT2D eigenvalue weighted by Gasteiger charge is -2.33. The highest BCUT2D eigenvalue weighted by Gasteiger charge is 2.32. The summed E-state index contributed by atoms with van der Waals surface area (Å²) in [4.78, 5) is 29.4. The van der Waals surface area contributed by atoms with Gasteiger partial charge in [0, 0.05) is 12.7 Å². The molecule has 0 spiro atoms. The van der Waals surface area contributed by atoms with Gasteiger partial charge in [-0.15, -0.1) is 0 Å². The van der Waals surface area contributed by atoms with Crippen molar-refractivity contribution in [1.29, 1.82) is 0 Å². The van der Waals surface area contributed by atoms with Crippen LogP contribution in [0.25, 0.3) is 0 Å². The minimum absolute atomic E-state index is 0.111. The standard InChI is InChI=1S/C17H19N3O3/c1-23-15-9-3-2-8-14(15)20-11-5-7-13(17(20)22)19-16(21)12-6-4-10-18-12/h2-4,6,8-10,13,18H,5,7,11H2,1H3,(H,19,21). The van der Waals surface area contributed by atoms with E-state index in [-0.39, 0.29) is 11.8 Å². The number of methoxy groups -OCH3 is 1. The molecular weight excluding hydrogens is 294 g/mol. The molecule has 0 saturated carbocycles. The third-order valence-corrected chi connectivity index (χ3v) is 3.96. The van der Waals surface area contributed by atoms with Gasteiger partial charge in [-0.25, -0.2) is 0 Å². The number of aromatic nitrogens is 1. The van der Waals surface area contributed by atoms with Gasteiger partial charge in [-0.05, 0) is 37.1 Å². The summed E-state index contributed by atoms with van der Waals surface area (Å²) in [5, 5.41) is 2.81. The van der Waals surface area contributed by atoms with Crippen molar-refractivity contribution in [3.8, 4) is 5.75 Å². The number of nitrogens with zero attached hydrogens (tertiary/aromatic N) is 1. The maximum atomic E-state index is 12.7. The average Bonchev–Trinajstić information content (AvgIpc) is 3.11. The lowest BCUT2D eigenvalue weighted by Crippen LogP contribution is -2.52. The molecule has 2 heterocycles. The fourth-order valence-electron chi connectivity index (χ4n) is 2.81. The number of H-pyrrole nitrogens is 1. The average molecular weight is 313 g/mol. The fraction of sp³-hybridized carbons (Fsp3) is 0.294. The van der Waals surface area contributed by atoms with E-state index < -0.39 is 6.04 Å². The van der Waals surface area contributed by atoms with Crippen LogP contribution in [0.2, 0.25) is 0 Å². The van der Waals surface area contributed by atoms with Crippen molar-refractivity contribution in [3.63, 3.8) is 0 Å². The van der Waals surface area contributed by atoms with E-state index in [2.05, 4.69) is 10.3 Å². The molecule has 2 amide bonds. The lowest BCUT2D eigenvalue weighted by molar-refractivity contribution is -0.121. The number of anilines is 1. The molecule has 1 aromatic carbocycles. The summed E-state index contributed by atoms with van der Waals surface area (Å²) in [6.07, 6.45) is 3.13. The molecular formula is C17H19N3O3. The summed E-state index contributed by atoms with van der Waals surface area (Å²) in [5.74, 6) is 0.271. The number of carbonyl (C=O) groups excluding carboxylic acids is 2. The number of para-hydroxylation sites is 2. The second-order valence-electron chi connectivity index (χ2n) is 5.41. The predicted molar refractivity (Wildman–Crippen MR) is 86.6 cm³/mol. The van der Waals surface area contributed by atoms with E-state index in [4.69, 9.17) is 4.74 Å². The maximum Gasteiger partial charge on any atom is 0.268 e. The zero-order chi connectivity index (χ0) is 16.2. The summed E-state index contributed by atoms with van der Waals surface area (Å²) in [7, 11) is 1.58. The number of rotatable bonds is 4. The van der Waals surface area contributed by atoms with Crippen LogP contribution < -0.4 is 15.0 Å². The molecule has 120 valence electrons. The molecule has 0 aliphatic carbocycles. The van der Waals surface area contributed by atoms with Gasteiger partial charge in [-0.2, -0.15) is 0 Å². The van der Waals surface area contributed by atoms with E-state index in [1.807, 2.05) is 24.3 Å². The molecule has 0 bridgehead atoms. The van der Waals surface area contributed by atoms with Gasteiger partial charge in [0.05, 0.1) is 12.8 Å². The summed E-state index contributed by atoms with van der Waals surface area (Å²) in [5.41, 5.74) is 1.19. The van der Waals surface area contributed by atoms with Crippen LogP contribution in [0.4, 0.5) is 5.69 Å². The Balaban J connectivity index is 1.77. The number of carbonyl (C=O) groups is 2. The zero-order valence-corrected chi connectivity index (χ0v) is 12.9. The van der Waals surface area contributed by atoms with Crippen LogP contribution in [0.1, 0.15) is 23.3 Å². The first-order valence-corrected chi connectivity index (χ1v) is 7.59. The molecule has 6 heteroatoms. The van der Waals surface area contributed by atoms with Gasteiger partial charge in [0.1, 0.15) is 17.5 Å². The number of benzene rings is 1. The smallest absolute Gasteiger partial charge is 0.268 e. The molecule has 1 aromatic heterocycles. The van der Waals surface area contributed by atoms with E-state index in [1.165, 1.54) is 0 Å². The Morgan fingerprint density at radius 3 is 2.87 bits per heavy atom. The number of hydrogen-bond acceptors (Lipinski definition) is 3. The Labute approximate surface area is 134 Å². The monoisotopic (exact) mass is 313 g/mol. The van der Waals surface area contributed by atoms with Crippen LogP contribution in [0.3, 0.4) is 0 Å². The van der Waals surface area contributed by atoms with Crippen molar-refractivity contribution >= 4 is 17.5 Å². The van der Waals surface area contributed by atoms with Crippen molar-refractivity contribution in [2.75, 3.05) is 18.6 Å². The van der Waals surface area contributed by atoms with Gasteiger partial charge in [0.15, 0.2) is 0 Å². The summed E-state index contributed by atoms with van der Waals surface area (Å²) in [6, 6.07) is 10.3. The highest BCUT2D eigenvalue weighted by molar-refractivity contribution is 6.03. The van der Waals surface area contributed by atoms with E-state index >= 15 is 0 Å². The van der Waals surface area contributed by atoms with Gasteiger partial charge in [-0.3, -0.25) is 9.59 Å². The van der Waals surface area contributed by atoms with Crippen LogP contribution >= 0.6 is 0 Å². The number of aromatic amines is 1. The Bertz CT molecular complexity index is 697. The minimum atomic E-state index is -0.524. The Kier molecular flexibility index (Phi) is 4.32. The van der Waals surface area contributed by atoms with Gasteiger partial charge < -0.3 is 19.9 Å². The third-order valence-electron chi connectivity index (χ3n) is 3.96. The highest BCUT2D eigenvalue weighted by atomic mass is 16.5. The molecule has 1 saturated heterocycles. The van der Waals surface area contributed by atoms with Crippen molar-refractivity contribution in [2.24, 2.45) is 0 Å². The van der Waals surface area contributed by atoms with Crippen molar-refractivity contribution in [3.05, 3.63) is 48.3 Å². The molecule has 23 heavy (non-hydrogen) atoms. The fourth-order valence-corrected chi connectivity index (χ4v) is 2.81. The Morgan fingerprint density at radius 1 is 1.30 bits per heavy atom. The Morgan fingerprint density at radius 2 is 2.13 bits per heavy atom. The number of hydrogen-bond donors (Lipinski definition) is 2. The van der Waals surface area contributed by atoms with Crippen molar-refractivity contribution in [1.82, 2.24) is 10.3 Å². The molecule has 2 aromatic rings. The van der Waals surface area contributed by atoms with Crippen LogP contribution in [-0.4, -0.2) is 36.5 Å². The predicted octanol–water partition coefficient (Wildman–Crippen LogP) is 1.95. The summed E-state index contributed by atoms with van der Waals surface area (Å²) in [6.45, 7) is 0.619. The topological polar surface area (TPSA) is 74.4 Å². The normalized spacial score (nSPS) is 17.9. The SMILES string of the molecule is COc1ccccc1N1CCCC(NC(=O)c2ccc[nH]2)C1=O. The molecule has 1 fully saturated rings. The molecule has 2 N–H and O–H groups in total. The van der Waals surface area contributed by atoms with Gasteiger partial charge in [-0.1, -0.05) is 12.1 Å². The first-order valence-electron chi connectivity index (χ1n) is 7.59. The molecule has 1 atom stereocenters. The molecule has 6 nitrogen and oxygen atoms in total. The number of ether oxygens (including phenoxy) is 1. The first-order chi connectivity index (χ1) is 11.2. The quantitative estimate of drug-likeness (QED) is 0.906. The van der Waals surface area contributed by atoms with Crippen LogP contribution in [0.15, 0.2) is 42.6 Å². The summed E-state index contributed by atoms with van der Waals surface area (Å²) < 4.78 is 5.34. The molecule has 3 rings (SSSR count). The maximum absolute atomic E-state index is 12.7. The third kappa shape index (κ3) is 3.06. The minimum Gasteiger partial charge on any atom is -0.495 e. The van der Waals surface area contributed by atoms with Gasteiger partial charge in [0.25, 0.3) is 5.91 Å². The number of piperidine rings is 1. The van der Waals surface area contributed by atoms with Crippen molar-refractivity contribution in [2.45, 2.75) is 18.9 Å².